The summed E-state index contributed by atoms with van der Waals surface area (Å²) in [7, 11) is 0. The van der Waals surface area contributed by atoms with Crippen LogP contribution in [0.1, 0.15) is 0 Å². The zero-order valence-corrected chi connectivity index (χ0v) is 15.0. The number of hydrogen-bond donors (Lipinski definition) is 2. The second-order valence-corrected chi connectivity index (χ2v) is 7.29. The van der Waals surface area contributed by atoms with Crippen LogP contribution in [0.5, 0.6) is 5.75 Å². The third kappa shape index (κ3) is 2.60. The zero-order chi connectivity index (χ0) is 18.4. The topological polar surface area (TPSA) is 66.0 Å². The molecule has 2 aromatic carbocycles. The quantitative estimate of drug-likeness (QED) is 0.450. The lowest BCUT2D eigenvalue weighted by molar-refractivity contribution is 0.481. The first-order valence-corrected chi connectivity index (χ1v) is 9.33. The van der Waals surface area contributed by atoms with E-state index in [9.17, 15) is 9.90 Å². The van der Waals surface area contributed by atoms with Gasteiger partial charge in [0.2, 0.25) is 0 Å². The summed E-state index contributed by atoms with van der Waals surface area (Å²) in [5, 5.41) is 11.1. The lowest BCUT2D eigenvalue weighted by Gasteiger charge is -2.08. The summed E-state index contributed by atoms with van der Waals surface area (Å²) >= 11 is 1.38. The molecule has 27 heavy (non-hydrogen) atoms. The van der Waals surface area contributed by atoms with Crippen LogP contribution in [0.4, 0.5) is 0 Å². The number of hydrogen-bond acceptors (Lipinski definition) is 4. The predicted molar refractivity (Wildman–Crippen MR) is 110 cm³/mol. The molecule has 0 amide bonds. The number of nitrogens with zero attached hydrogens (tertiary/aromatic N) is 1. The van der Waals surface area contributed by atoms with Gasteiger partial charge in [0.1, 0.15) is 10.6 Å². The first kappa shape index (κ1) is 15.8. The molecule has 5 aromatic rings. The monoisotopic (exact) mass is 370 g/mol. The van der Waals surface area contributed by atoms with Crippen LogP contribution >= 0.6 is 11.3 Å². The summed E-state index contributed by atoms with van der Waals surface area (Å²) in [5.74, 6) is -0.0166. The summed E-state index contributed by atoms with van der Waals surface area (Å²) in [6, 6.07) is 23.3. The third-order valence-electron chi connectivity index (χ3n) is 4.57. The van der Waals surface area contributed by atoms with Crippen LogP contribution in [0.2, 0.25) is 0 Å². The zero-order valence-electron chi connectivity index (χ0n) is 14.1. The molecule has 130 valence electrons. The predicted octanol–water partition coefficient (Wildman–Crippen LogP) is 5.18. The van der Waals surface area contributed by atoms with Gasteiger partial charge in [-0.25, -0.2) is 4.98 Å². The summed E-state index contributed by atoms with van der Waals surface area (Å²) in [6.45, 7) is 0. The normalized spacial score (nSPS) is 11.3. The van der Waals surface area contributed by atoms with Crippen LogP contribution in [0, 0.1) is 0 Å². The fourth-order valence-electron chi connectivity index (χ4n) is 3.35. The Bertz CT molecular complexity index is 1340. The van der Waals surface area contributed by atoms with Crippen molar-refractivity contribution in [3.63, 3.8) is 0 Å². The maximum Gasteiger partial charge on any atom is 0.252 e. The Morgan fingerprint density at radius 3 is 2.26 bits per heavy atom. The maximum atomic E-state index is 12.0. The minimum atomic E-state index is -0.328. The van der Waals surface area contributed by atoms with E-state index < -0.39 is 0 Å². The molecule has 3 aromatic heterocycles. The molecule has 0 saturated heterocycles. The van der Waals surface area contributed by atoms with Gasteiger partial charge in [-0.2, -0.15) is 0 Å². The van der Waals surface area contributed by atoms with Crippen molar-refractivity contribution in [1.82, 2.24) is 9.97 Å². The number of rotatable bonds is 2. The number of thiophene rings is 1. The average Bonchev–Trinajstić information content (AvgIpc) is 3.07. The molecule has 0 radical (unpaired) electrons. The second-order valence-electron chi connectivity index (χ2n) is 6.29. The fourth-order valence-corrected chi connectivity index (χ4v) is 4.42. The van der Waals surface area contributed by atoms with Crippen molar-refractivity contribution in [3.8, 4) is 28.1 Å². The van der Waals surface area contributed by atoms with Crippen LogP contribution in [0.15, 0.2) is 77.6 Å². The standard InChI is InChI=1S/C22H14N2O2S/c25-17-12-18(26)24-20-19-15(13-7-3-1-4-8-13)11-16(14-9-5-2-6-10-14)23-22(19)27-21(17)20/h1-12H,(H2,24,25,26). The Hall–Kier alpha value is -3.44. The van der Waals surface area contributed by atoms with Gasteiger partial charge < -0.3 is 10.1 Å². The SMILES string of the molecule is O=c1cc(O)c2sc3nc(-c4ccccc4)cc(-c4ccccc4)c3c2[nH]1. The van der Waals surface area contributed by atoms with Crippen LogP contribution in [0.3, 0.4) is 0 Å². The molecule has 2 N–H and O–H groups in total. The van der Waals surface area contributed by atoms with Gasteiger partial charge in [-0.05, 0) is 17.2 Å². The van der Waals surface area contributed by atoms with Crippen molar-refractivity contribution in [2.75, 3.05) is 0 Å². The molecule has 3 heterocycles. The van der Waals surface area contributed by atoms with Crippen LogP contribution in [-0.4, -0.2) is 15.1 Å². The number of benzene rings is 2. The molecule has 0 aliphatic heterocycles. The van der Waals surface area contributed by atoms with Crippen LogP contribution in [-0.2, 0) is 0 Å². The molecule has 4 nitrogen and oxygen atoms in total. The van der Waals surface area contributed by atoms with E-state index >= 15 is 0 Å². The third-order valence-corrected chi connectivity index (χ3v) is 5.67. The highest BCUT2D eigenvalue weighted by molar-refractivity contribution is 7.25. The smallest absolute Gasteiger partial charge is 0.252 e. The average molecular weight is 370 g/mol. The van der Waals surface area contributed by atoms with Gasteiger partial charge in [0, 0.05) is 17.0 Å². The number of H-pyrrole nitrogens is 1. The van der Waals surface area contributed by atoms with E-state index in [1.807, 2.05) is 66.7 Å². The highest BCUT2D eigenvalue weighted by atomic mass is 32.1. The summed E-state index contributed by atoms with van der Waals surface area (Å²) in [6.07, 6.45) is 0. The van der Waals surface area contributed by atoms with Gasteiger partial charge in [0.25, 0.3) is 5.56 Å². The molecule has 0 aliphatic carbocycles. The van der Waals surface area contributed by atoms with Crippen LogP contribution < -0.4 is 5.56 Å². The molecule has 5 heteroatoms. The molecule has 0 unspecified atom stereocenters. The number of nitrogens with one attached hydrogen (secondary N) is 1. The highest BCUT2D eigenvalue weighted by Crippen LogP contribution is 2.42. The van der Waals surface area contributed by atoms with Crippen molar-refractivity contribution < 1.29 is 5.11 Å². The first-order chi connectivity index (χ1) is 13.2. The van der Waals surface area contributed by atoms with Crippen molar-refractivity contribution >= 4 is 31.8 Å². The van der Waals surface area contributed by atoms with Gasteiger partial charge in [-0.1, -0.05) is 60.7 Å². The molecular weight excluding hydrogens is 356 g/mol. The first-order valence-electron chi connectivity index (χ1n) is 8.51. The number of pyridine rings is 2. The summed E-state index contributed by atoms with van der Waals surface area (Å²) in [4.78, 5) is 20.4. The summed E-state index contributed by atoms with van der Waals surface area (Å²) < 4.78 is 0.638. The van der Waals surface area contributed by atoms with E-state index in [-0.39, 0.29) is 11.3 Å². The highest BCUT2D eigenvalue weighted by Gasteiger charge is 2.17. The van der Waals surface area contributed by atoms with E-state index in [0.717, 1.165) is 32.6 Å². The minimum Gasteiger partial charge on any atom is -0.506 e. The van der Waals surface area contributed by atoms with Gasteiger partial charge >= 0.3 is 0 Å². The minimum absolute atomic E-state index is 0.0166. The van der Waals surface area contributed by atoms with E-state index in [2.05, 4.69) is 4.98 Å². The second kappa shape index (κ2) is 6.07. The van der Waals surface area contributed by atoms with Gasteiger partial charge in [-0.15, -0.1) is 11.3 Å². The van der Waals surface area contributed by atoms with Crippen molar-refractivity contribution in [1.29, 1.82) is 0 Å². The van der Waals surface area contributed by atoms with Crippen molar-refractivity contribution in [2.24, 2.45) is 0 Å². The number of aromatic amines is 1. The van der Waals surface area contributed by atoms with E-state index in [1.165, 1.54) is 17.4 Å². The lowest BCUT2D eigenvalue weighted by Crippen LogP contribution is -2.02. The molecule has 0 atom stereocenters. The van der Waals surface area contributed by atoms with Gasteiger partial charge in [-0.3, -0.25) is 4.79 Å². The number of aromatic hydroxyl groups is 1. The van der Waals surface area contributed by atoms with Crippen molar-refractivity contribution in [3.05, 3.63) is 83.2 Å². The van der Waals surface area contributed by atoms with Gasteiger partial charge in [0.05, 0.1) is 15.9 Å². The molecule has 0 bridgehead atoms. The van der Waals surface area contributed by atoms with E-state index in [0.29, 0.717) is 10.2 Å². The molecule has 0 saturated carbocycles. The molecule has 0 spiro atoms. The Labute approximate surface area is 158 Å². The Balaban J connectivity index is 1.94. The van der Waals surface area contributed by atoms with E-state index in [1.54, 1.807) is 0 Å². The Kier molecular flexibility index (Phi) is 3.55. The maximum absolute atomic E-state index is 12.0. The summed E-state index contributed by atoms with van der Waals surface area (Å²) in [5.41, 5.74) is 4.19. The van der Waals surface area contributed by atoms with Crippen molar-refractivity contribution in [2.45, 2.75) is 0 Å². The van der Waals surface area contributed by atoms with Crippen LogP contribution in [0.25, 0.3) is 42.8 Å². The molecular formula is C22H14N2O2S. The van der Waals surface area contributed by atoms with Gasteiger partial charge in [0.15, 0.2) is 0 Å². The molecule has 0 aliphatic rings. The number of fused-ring (bicyclic) bond motifs is 3. The Morgan fingerprint density at radius 1 is 0.889 bits per heavy atom. The lowest BCUT2D eigenvalue weighted by atomic mass is 10.00. The molecule has 0 fully saturated rings. The largest absolute Gasteiger partial charge is 0.506 e. The van der Waals surface area contributed by atoms with E-state index in [4.69, 9.17) is 4.98 Å². The number of aromatic nitrogens is 2. The fraction of sp³-hybridized carbons (Fsp3) is 0. The molecule has 5 rings (SSSR count). The Morgan fingerprint density at radius 2 is 1.56 bits per heavy atom.